The van der Waals surface area contributed by atoms with E-state index in [0.29, 0.717) is 5.92 Å². The molecule has 1 atom stereocenters. The van der Waals surface area contributed by atoms with Crippen molar-refractivity contribution in [2.45, 2.75) is 52.5 Å². The summed E-state index contributed by atoms with van der Waals surface area (Å²) in [5.74, 6) is -0.192. The Labute approximate surface area is 122 Å². The van der Waals surface area contributed by atoms with Crippen molar-refractivity contribution in [1.29, 1.82) is 0 Å². The Hall–Kier alpha value is -1.35. The molecule has 0 saturated carbocycles. The fraction of sp³-hybridized carbons (Fsp3) is 0.588. The molecule has 112 valence electrons. The van der Waals surface area contributed by atoms with Gasteiger partial charge < -0.3 is 10.0 Å². The lowest BCUT2D eigenvalue weighted by Gasteiger charge is -2.28. The Morgan fingerprint density at radius 2 is 1.70 bits per heavy atom. The van der Waals surface area contributed by atoms with Gasteiger partial charge in [0.25, 0.3) is 0 Å². The van der Waals surface area contributed by atoms with Crippen LogP contribution in [0.15, 0.2) is 24.3 Å². The van der Waals surface area contributed by atoms with Crippen molar-refractivity contribution >= 4 is 5.97 Å². The summed E-state index contributed by atoms with van der Waals surface area (Å²) >= 11 is 0. The third kappa shape index (κ3) is 4.97. The number of carbonyl (C=O) groups is 1. The minimum atomic E-state index is -0.722. The molecule has 0 aromatic heterocycles. The van der Waals surface area contributed by atoms with E-state index in [4.69, 9.17) is 5.11 Å². The summed E-state index contributed by atoms with van der Waals surface area (Å²) in [4.78, 5) is 13.3. The van der Waals surface area contributed by atoms with Crippen LogP contribution in [0.4, 0.5) is 0 Å². The zero-order chi connectivity index (χ0) is 15.1. The predicted octanol–water partition coefficient (Wildman–Crippen LogP) is 3.54. The molecule has 1 rings (SSSR count). The van der Waals surface area contributed by atoms with Gasteiger partial charge in [0.05, 0.1) is 6.42 Å². The third-order valence-electron chi connectivity index (χ3n) is 3.86. The van der Waals surface area contributed by atoms with Gasteiger partial charge in [-0.2, -0.15) is 0 Å². The van der Waals surface area contributed by atoms with Crippen molar-refractivity contribution in [2.75, 3.05) is 13.1 Å². The van der Waals surface area contributed by atoms with E-state index in [2.05, 4.69) is 56.9 Å². The molecule has 1 N–H and O–H groups in total. The van der Waals surface area contributed by atoms with E-state index in [1.54, 1.807) is 0 Å². The maximum atomic E-state index is 11.1. The lowest BCUT2D eigenvalue weighted by Crippen LogP contribution is -2.38. The highest BCUT2D eigenvalue weighted by molar-refractivity contribution is 5.67. The average Bonchev–Trinajstić information content (AvgIpc) is 2.40. The van der Waals surface area contributed by atoms with Crippen LogP contribution in [0.1, 0.15) is 51.2 Å². The van der Waals surface area contributed by atoms with Crippen LogP contribution in [0.5, 0.6) is 0 Å². The van der Waals surface area contributed by atoms with Crippen molar-refractivity contribution in [1.82, 2.24) is 4.90 Å². The van der Waals surface area contributed by atoms with Crippen LogP contribution in [0.3, 0.4) is 0 Å². The van der Waals surface area contributed by atoms with Gasteiger partial charge in [-0.25, -0.2) is 0 Å². The molecule has 1 unspecified atom stereocenters. The number of hydrogen-bond donors (Lipinski definition) is 1. The summed E-state index contributed by atoms with van der Waals surface area (Å²) in [6.45, 7) is 10.3. The summed E-state index contributed by atoms with van der Waals surface area (Å²) < 4.78 is 0. The van der Waals surface area contributed by atoms with Crippen LogP contribution in [-0.2, 0) is 11.2 Å². The zero-order valence-corrected chi connectivity index (χ0v) is 13.1. The first kappa shape index (κ1) is 16.7. The molecular formula is C17H27NO2. The number of nitrogens with zero attached hydrogens (tertiary/aromatic N) is 1. The molecule has 0 amide bonds. The van der Waals surface area contributed by atoms with Crippen LogP contribution in [0, 0.1) is 0 Å². The van der Waals surface area contributed by atoms with Crippen LogP contribution in [-0.4, -0.2) is 35.1 Å². The second-order valence-electron chi connectivity index (χ2n) is 5.57. The lowest BCUT2D eigenvalue weighted by molar-refractivity contribution is -0.138. The van der Waals surface area contributed by atoms with E-state index in [-0.39, 0.29) is 12.5 Å². The number of carboxylic acid groups (broad SMARTS) is 1. The minimum absolute atomic E-state index is 0.0763. The fourth-order valence-corrected chi connectivity index (χ4v) is 2.58. The molecule has 3 heteroatoms. The Morgan fingerprint density at radius 3 is 2.10 bits per heavy atom. The van der Waals surface area contributed by atoms with Gasteiger partial charge in [-0.1, -0.05) is 52.0 Å². The van der Waals surface area contributed by atoms with Gasteiger partial charge in [0.2, 0.25) is 0 Å². The molecule has 0 bridgehead atoms. The number of hydrogen-bond acceptors (Lipinski definition) is 2. The molecule has 0 aliphatic rings. The molecule has 1 aromatic carbocycles. The lowest BCUT2D eigenvalue weighted by atomic mass is 9.97. The van der Waals surface area contributed by atoms with E-state index < -0.39 is 5.97 Å². The van der Waals surface area contributed by atoms with Crippen molar-refractivity contribution in [3.8, 4) is 0 Å². The van der Waals surface area contributed by atoms with Crippen molar-refractivity contribution < 1.29 is 9.90 Å². The van der Waals surface area contributed by atoms with Crippen molar-refractivity contribution in [3.05, 3.63) is 35.4 Å². The number of benzene rings is 1. The first-order chi connectivity index (χ1) is 9.47. The molecule has 0 aliphatic heterocycles. The van der Waals surface area contributed by atoms with Gasteiger partial charge in [-0.15, -0.1) is 0 Å². The van der Waals surface area contributed by atoms with E-state index in [0.717, 1.165) is 19.5 Å². The van der Waals surface area contributed by atoms with Crippen LogP contribution >= 0.6 is 0 Å². The second-order valence-corrected chi connectivity index (χ2v) is 5.57. The molecule has 20 heavy (non-hydrogen) atoms. The maximum Gasteiger partial charge on any atom is 0.304 e. The number of carboxylic acids is 1. The number of likely N-dealkylation sites (N-methyl/N-ethyl adjacent to an activating group) is 1. The highest BCUT2D eigenvalue weighted by Gasteiger charge is 2.19. The first-order valence-electron chi connectivity index (χ1n) is 7.52. The first-order valence-corrected chi connectivity index (χ1v) is 7.52. The molecule has 0 radical (unpaired) electrons. The highest BCUT2D eigenvalue weighted by atomic mass is 16.4. The summed E-state index contributed by atoms with van der Waals surface area (Å²) in [7, 11) is 0. The van der Waals surface area contributed by atoms with Gasteiger partial charge in [-0.3, -0.25) is 4.79 Å². The number of rotatable bonds is 8. The van der Waals surface area contributed by atoms with Gasteiger partial charge in [0, 0.05) is 6.04 Å². The normalized spacial score (nSPS) is 12.9. The van der Waals surface area contributed by atoms with E-state index in [9.17, 15) is 4.79 Å². The largest absolute Gasteiger partial charge is 0.481 e. The predicted molar refractivity (Wildman–Crippen MR) is 83.2 cm³/mol. The smallest absolute Gasteiger partial charge is 0.304 e. The Bertz CT molecular complexity index is 408. The molecule has 0 fully saturated rings. The average molecular weight is 277 g/mol. The van der Waals surface area contributed by atoms with Gasteiger partial charge >= 0.3 is 5.97 Å². The van der Waals surface area contributed by atoms with Crippen LogP contribution in [0.2, 0.25) is 0 Å². The summed E-state index contributed by atoms with van der Waals surface area (Å²) in [6.07, 6.45) is 1.000. The molecule has 1 aromatic rings. The second kappa shape index (κ2) is 8.05. The van der Waals surface area contributed by atoms with E-state index in [1.807, 2.05) is 0 Å². The van der Waals surface area contributed by atoms with E-state index >= 15 is 0 Å². The molecule has 0 heterocycles. The Morgan fingerprint density at radius 1 is 1.15 bits per heavy atom. The van der Waals surface area contributed by atoms with E-state index in [1.165, 1.54) is 11.1 Å². The monoisotopic (exact) mass is 277 g/mol. The van der Waals surface area contributed by atoms with Gasteiger partial charge in [-0.05, 0) is 36.6 Å². The summed E-state index contributed by atoms with van der Waals surface area (Å²) in [6, 6.07) is 8.65. The minimum Gasteiger partial charge on any atom is -0.481 e. The summed E-state index contributed by atoms with van der Waals surface area (Å²) in [5, 5.41) is 9.09. The molecule has 0 aliphatic carbocycles. The molecule has 0 spiro atoms. The third-order valence-corrected chi connectivity index (χ3v) is 3.86. The molecule has 0 saturated heterocycles. The Balaban J connectivity index is 2.80. The van der Waals surface area contributed by atoms with Crippen molar-refractivity contribution in [3.63, 3.8) is 0 Å². The Kier molecular flexibility index (Phi) is 6.73. The van der Waals surface area contributed by atoms with Crippen LogP contribution in [0.25, 0.3) is 0 Å². The fourth-order valence-electron chi connectivity index (χ4n) is 2.58. The topological polar surface area (TPSA) is 40.5 Å². The summed E-state index contributed by atoms with van der Waals surface area (Å²) in [5.41, 5.74) is 2.54. The van der Waals surface area contributed by atoms with Crippen molar-refractivity contribution in [2.24, 2.45) is 0 Å². The van der Waals surface area contributed by atoms with Gasteiger partial charge in [0.1, 0.15) is 0 Å². The molecule has 3 nitrogen and oxygen atoms in total. The quantitative estimate of drug-likeness (QED) is 0.790. The highest BCUT2D eigenvalue weighted by Crippen LogP contribution is 2.17. The van der Waals surface area contributed by atoms with Crippen LogP contribution < -0.4 is 0 Å². The molecular weight excluding hydrogens is 250 g/mol. The van der Waals surface area contributed by atoms with Gasteiger partial charge in [0.15, 0.2) is 0 Å². The number of aliphatic carboxylic acids is 1. The zero-order valence-electron chi connectivity index (χ0n) is 13.1. The standard InChI is InChI=1S/C17H27NO2/c1-5-18(6-2)16(12-17(19)20)11-14-7-9-15(10-8-14)13(3)4/h7-10,13,16H,5-6,11-12H2,1-4H3,(H,19,20). The SMILES string of the molecule is CCN(CC)C(CC(=O)O)Cc1ccc(C(C)C)cc1. The maximum absolute atomic E-state index is 11.1.